The van der Waals surface area contributed by atoms with Crippen molar-refractivity contribution in [2.24, 2.45) is 0 Å². The number of hydrogen-bond acceptors (Lipinski definition) is 4. The molecule has 0 bridgehead atoms. The van der Waals surface area contributed by atoms with Crippen LogP contribution in [-0.2, 0) is 12.8 Å². The van der Waals surface area contributed by atoms with Crippen molar-refractivity contribution in [1.82, 2.24) is 0 Å². The molecule has 0 radical (unpaired) electrons. The molecule has 0 spiro atoms. The standard InChI is InChI=1S/C20H16N2O2S/c1-24-17-10-13-6-3-2-5-12(13)9-15(17)19(23)22-20-16(11-21)14-7-4-8-18(14)25-20/h2-3,5-6,9-10H,4,7-8H2,1H3,(H,22,23). The van der Waals surface area contributed by atoms with Crippen molar-refractivity contribution in [3.63, 3.8) is 0 Å². The number of nitriles is 1. The molecule has 5 heteroatoms. The molecule has 124 valence electrons. The van der Waals surface area contributed by atoms with E-state index in [1.165, 1.54) is 16.2 Å². The fourth-order valence-electron chi connectivity index (χ4n) is 3.35. The molecule has 4 rings (SSSR count). The van der Waals surface area contributed by atoms with Crippen LogP contribution in [0.1, 0.15) is 32.8 Å². The number of benzene rings is 2. The lowest BCUT2D eigenvalue weighted by Gasteiger charge is -2.10. The molecule has 0 saturated carbocycles. The number of carbonyl (C=O) groups excluding carboxylic acids is 1. The van der Waals surface area contributed by atoms with Gasteiger partial charge in [-0.15, -0.1) is 11.3 Å². The van der Waals surface area contributed by atoms with Crippen LogP contribution < -0.4 is 10.1 Å². The third-order valence-corrected chi connectivity index (χ3v) is 5.78. The Morgan fingerprint density at radius 3 is 2.72 bits per heavy atom. The third kappa shape index (κ3) is 2.65. The van der Waals surface area contributed by atoms with Gasteiger partial charge in [0.15, 0.2) is 0 Å². The lowest BCUT2D eigenvalue weighted by atomic mass is 10.1. The largest absolute Gasteiger partial charge is 0.496 e. The van der Waals surface area contributed by atoms with Gasteiger partial charge in [0.2, 0.25) is 0 Å². The number of nitrogens with one attached hydrogen (secondary N) is 1. The highest BCUT2D eigenvalue weighted by Crippen LogP contribution is 2.39. The molecule has 4 nitrogen and oxygen atoms in total. The summed E-state index contributed by atoms with van der Waals surface area (Å²) in [5.74, 6) is 0.276. The quantitative estimate of drug-likeness (QED) is 0.757. The fourth-order valence-corrected chi connectivity index (χ4v) is 4.58. The van der Waals surface area contributed by atoms with Gasteiger partial charge in [-0.05, 0) is 47.7 Å². The second kappa shape index (κ2) is 6.23. The monoisotopic (exact) mass is 348 g/mol. The SMILES string of the molecule is COc1cc2ccccc2cc1C(=O)Nc1sc2c(c1C#N)CCC2. The van der Waals surface area contributed by atoms with Gasteiger partial charge in [-0.2, -0.15) is 5.26 Å². The third-order valence-electron chi connectivity index (χ3n) is 4.57. The number of aryl methyl sites for hydroxylation is 1. The number of ether oxygens (including phenoxy) is 1. The van der Waals surface area contributed by atoms with Crippen LogP contribution >= 0.6 is 11.3 Å². The van der Waals surface area contributed by atoms with Crippen LogP contribution in [0.2, 0.25) is 0 Å². The number of hydrogen-bond donors (Lipinski definition) is 1. The lowest BCUT2D eigenvalue weighted by Crippen LogP contribution is -2.13. The highest BCUT2D eigenvalue weighted by molar-refractivity contribution is 7.16. The number of amides is 1. The van der Waals surface area contributed by atoms with Crippen molar-refractivity contribution < 1.29 is 9.53 Å². The molecule has 2 aromatic carbocycles. The second-order valence-electron chi connectivity index (χ2n) is 6.03. The van der Waals surface area contributed by atoms with E-state index >= 15 is 0 Å². The minimum atomic E-state index is -0.251. The normalized spacial score (nSPS) is 12.6. The van der Waals surface area contributed by atoms with Gasteiger partial charge in [-0.1, -0.05) is 24.3 Å². The van der Waals surface area contributed by atoms with Gasteiger partial charge < -0.3 is 10.1 Å². The second-order valence-corrected chi connectivity index (χ2v) is 7.13. The highest BCUT2D eigenvalue weighted by atomic mass is 32.1. The maximum Gasteiger partial charge on any atom is 0.260 e. The van der Waals surface area contributed by atoms with E-state index in [4.69, 9.17) is 4.74 Å². The van der Waals surface area contributed by atoms with Crippen LogP contribution in [-0.4, -0.2) is 13.0 Å². The van der Waals surface area contributed by atoms with Gasteiger partial charge in [0.1, 0.15) is 16.8 Å². The minimum absolute atomic E-state index is 0.251. The van der Waals surface area contributed by atoms with Crippen LogP contribution in [0.15, 0.2) is 36.4 Å². The zero-order valence-electron chi connectivity index (χ0n) is 13.8. The molecule has 1 aromatic heterocycles. The van der Waals surface area contributed by atoms with Crippen molar-refractivity contribution in [2.45, 2.75) is 19.3 Å². The summed E-state index contributed by atoms with van der Waals surface area (Å²) in [5, 5.41) is 15.0. The molecule has 1 aliphatic carbocycles. The van der Waals surface area contributed by atoms with E-state index in [-0.39, 0.29) is 5.91 Å². The van der Waals surface area contributed by atoms with Gasteiger partial charge in [0.25, 0.3) is 5.91 Å². The van der Waals surface area contributed by atoms with E-state index in [1.807, 2.05) is 36.4 Å². The van der Waals surface area contributed by atoms with Crippen molar-refractivity contribution >= 4 is 33.0 Å². The number of methoxy groups -OCH3 is 1. The van der Waals surface area contributed by atoms with Crippen molar-refractivity contribution in [2.75, 3.05) is 12.4 Å². The fraction of sp³-hybridized carbons (Fsp3) is 0.200. The summed E-state index contributed by atoms with van der Waals surface area (Å²) >= 11 is 1.52. The zero-order valence-corrected chi connectivity index (χ0v) is 14.6. The van der Waals surface area contributed by atoms with Gasteiger partial charge in [0.05, 0.1) is 18.2 Å². The Morgan fingerprint density at radius 1 is 1.24 bits per heavy atom. The number of thiophene rings is 1. The van der Waals surface area contributed by atoms with E-state index in [2.05, 4.69) is 11.4 Å². The number of anilines is 1. The number of fused-ring (bicyclic) bond motifs is 2. The van der Waals surface area contributed by atoms with E-state index in [0.29, 0.717) is 21.9 Å². The Bertz CT molecular complexity index is 1030. The molecule has 1 heterocycles. The molecule has 0 saturated heterocycles. The summed E-state index contributed by atoms with van der Waals surface area (Å²) in [6, 6.07) is 13.8. The van der Waals surface area contributed by atoms with Crippen molar-refractivity contribution in [3.8, 4) is 11.8 Å². The highest BCUT2D eigenvalue weighted by Gasteiger charge is 2.24. The summed E-state index contributed by atoms with van der Waals surface area (Å²) in [7, 11) is 1.56. The first-order valence-corrected chi connectivity index (χ1v) is 8.95. The van der Waals surface area contributed by atoms with Crippen LogP contribution in [0.4, 0.5) is 5.00 Å². The minimum Gasteiger partial charge on any atom is -0.496 e. The van der Waals surface area contributed by atoms with Gasteiger partial charge >= 0.3 is 0 Å². The zero-order chi connectivity index (χ0) is 17.4. The van der Waals surface area contributed by atoms with E-state index in [9.17, 15) is 10.1 Å². The first-order valence-electron chi connectivity index (χ1n) is 8.14. The first kappa shape index (κ1) is 15.7. The molecule has 0 unspecified atom stereocenters. The Balaban J connectivity index is 1.72. The Morgan fingerprint density at radius 2 is 2.00 bits per heavy atom. The molecule has 1 amide bonds. The van der Waals surface area contributed by atoms with E-state index in [0.717, 1.165) is 35.6 Å². The Kier molecular flexibility index (Phi) is 3.90. The predicted octanol–water partition coefficient (Wildman–Crippen LogP) is 4.52. The van der Waals surface area contributed by atoms with Crippen LogP contribution in [0.5, 0.6) is 5.75 Å². The van der Waals surface area contributed by atoms with E-state index in [1.54, 1.807) is 7.11 Å². The molecular formula is C20H16N2O2S. The summed E-state index contributed by atoms with van der Waals surface area (Å²) in [4.78, 5) is 14.1. The van der Waals surface area contributed by atoms with Gasteiger partial charge in [-0.3, -0.25) is 4.79 Å². The Hall–Kier alpha value is -2.84. The molecule has 0 atom stereocenters. The van der Waals surface area contributed by atoms with Crippen LogP contribution in [0.25, 0.3) is 10.8 Å². The molecule has 3 aromatic rings. The summed E-state index contributed by atoms with van der Waals surface area (Å²) < 4.78 is 5.41. The average molecular weight is 348 g/mol. The van der Waals surface area contributed by atoms with Crippen LogP contribution in [0.3, 0.4) is 0 Å². The molecule has 25 heavy (non-hydrogen) atoms. The predicted molar refractivity (Wildman–Crippen MR) is 99.5 cm³/mol. The summed E-state index contributed by atoms with van der Waals surface area (Å²) in [6.45, 7) is 0. The van der Waals surface area contributed by atoms with Gasteiger partial charge in [-0.25, -0.2) is 0 Å². The van der Waals surface area contributed by atoms with Crippen molar-refractivity contribution in [1.29, 1.82) is 5.26 Å². The topological polar surface area (TPSA) is 62.1 Å². The average Bonchev–Trinajstić information content (AvgIpc) is 3.21. The maximum atomic E-state index is 12.8. The first-order chi connectivity index (χ1) is 12.2. The lowest BCUT2D eigenvalue weighted by molar-refractivity contribution is 0.102. The molecular weight excluding hydrogens is 332 g/mol. The van der Waals surface area contributed by atoms with Crippen LogP contribution in [0, 0.1) is 11.3 Å². The maximum absolute atomic E-state index is 12.8. The molecule has 1 aliphatic rings. The summed E-state index contributed by atoms with van der Waals surface area (Å²) in [6.07, 6.45) is 3.00. The number of rotatable bonds is 3. The summed E-state index contributed by atoms with van der Waals surface area (Å²) in [5.41, 5.74) is 2.19. The molecule has 1 N–H and O–H groups in total. The van der Waals surface area contributed by atoms with Gasteiger partial charge in [0, 0.05) is 4.88 Å². The number of nitrogens with zero attached hydrogens (tertiary/aromatic N) is 1. The molecule has 0 aliphatic heterocycles. The Labute approximate surface area is 149 Å². The smallest absolute Gasteiger partial charge is 0.260 e. The number of carbonyl (C=O) groups is 1. The van der Waals surface area contributed by atoms with Crippen molar-refractivity contribution in [3.05, 3.63) is 58.0 Å². The molecule has 0 fully saturated rings. The van der Waals surface area contributed by atoms with E-state index < -0.39 is 0 Å².